The molecule has 0 fully saturated rings. The second kappa shape index (κ2) is 7.14. The lowest BCUT2D eigenvalue weighted by atomic mass is 10.1. The van der Waals surface area contributed by atoms with Crippen LogP contribution in [0.2, 0.25) is 0 Å². The van der Waals surface area contributed by atoms with Crippen LogP contribution in [0.1, 0.15) is 24.5 Å². The molecule has 1 aromatic carbocycles. The highest BCUT2D eigenvalue weighted by atomic mass is 16.5. The van der Waals surface area contributed by atoms with Crippen LogP contribution >= 0.6 is 0 Å². The van der Waals surface area contributed by atoms with E-state index in [-0.39, 0.29) is 5.91 Å². The van der Waals surface area contributed by atoms with Crippen molar-refractivity contribution in [3.05, 3.63) is 29.3 Å². The normalized spacial score (nSPS) is 12.1. The second-order valence-electron chi connectivity index (χ2n) is 4.94. The molecule has 0 aliphatic carbocycles. The molecule has 0 aliphatic rings. The Balaban J connectivity index is 2.44. The molecule has 1 N–H and O–H groups in total. The fourth-order valence-corrected chi connectivity index (χ4v) is 1.96. The summed E-state index contributed by atoms with van der Waals surface area (Å²) in [6.45, 7) is 6.35. The molecule has 19 heavy (non-hydrogen) atoms. The van der Waals surface area contributed by atoms with Crippen molar-refractivity contribution in [3.8, 4) is 5.75 Å². The van der Waals surface area contributed by atoms with E-state index < -0.39 is 6.10 Å². The molecular formula is C15H23NO3. The quantitative estimate of drug-likeness (QED) is 0.855. The van der Waals surface area contributed by atoms with Crippen LogP contribution in [0.5, 0.6) is 5.75 Å². The van der Waals surface area contributed by atoms with Crippen LogP contribution in [0.4, 0.5) is 0 Å². The van der Waals surface area contributed by atoms with Gasteiger partial charge >= 0.3 is 0 Å². The van der Waals surface area contributed by atoms with Gasteiger partial charge in [0, 0.05) is 13.6 Å². The first-order valence-corrected chi connectivity index (χ1v) is 6.53. The molecule has 0 saturated carbocycles. The van der Waals surface area contributed by atoms with Crippen LogP contribution in [0.25, 0.3) is 0 Å². The van der Waals surface area contributed by atoms with E-state index in [9.17, 15) is 9.90 Å². The lowest BCUT2D eigenvalue weighted by molar-refractivity contribution is -0.131. The van der Waals surface area contributed by atoms with Gasteiger partial charge in [-0.2, -0.15) is 0 Å². The summed E-state index contributed by atoms with van der Waals surface area (Å²) >= 11 is 0. The smallest absolute Gasteiger partial charge is 0.225 e. The number of hydrogen-bond donors (Lipinski definition) is 1. The van der Waals surface area contributed by atoms with Gasteiger partial charge in [-0.15, -0.1) is 0 Å². The largest absolute Gasteiger partial charge is 0.493 e. The topological polar surface area (TPSA) is 49.8 Å². The van der Waals surface area contributed by atoms with E-state index in [4.69, 9.17) is 4.74 Å². The van der Waals surface area contributed by atoms with Crippen molar-refractivity contribution < 1.29 is 14.6 Å². The number of ether oxygens (including phenoxy) is 1. The van der Waals surface area contributed by atoms with E-state index in [1.54, 1.807) is 14.0 Å². The molecule has 4 nitrogen and oxygen atoms in total. The van der Waals surface area contributed by atoms with Gasteiger partial charge in [0.25, 0.3) is 0 Å². The Hall–Kier alpha value is -1.55. The summed E-state index contributed by atoms with van der Waals surface area (Å²) in [6, 6.07) is 5.96. The Labute approximate surface area is 115 Å². The van der Waals surface area contributed by atoms with Crippen LogP contribution in [0.3, 0.4) is 0 Å². The molecule has 1 amide bonds. The van der Waals surface area contributed by atoms with E-state index in [1.807, 2.05) is 32.0 Å². The van der Waals surface area contributed by atoms with E-state index in [0.29, 0.717) is 19.6 Å². The third-order valence-electron chi connectivity index (χ3n) is 2.93. The number of likely N-dealkylation sites (N-methyl/N-ethyl adjacent to an activating group) is 1. The second-order valence-corrected chi connectivity index (χ2v) is 4.94. The number of hydrogen-bond acceptors (Lipinski definition) is 3. The molecular weight excluding hydrogens is 242 g/mol. The number of nitrogens with zero attached hydrogens (tertiary/aromatic N) is 1. The Morgan fingerprint density at radius 2 is 1.95 bits per heavy atom. The third kappa shape index (κ3) is 4.91. The first kappa shape index (κ1) is 15.5. The zero-order chi connectivity index (χ0) is 14.4. The average molecular weight is 265 g/mol. The molecule has 0 aromatic heterocycles. The van der Waals surface area contributed by atoms with Crippen LogP contribution in [0, 0.1) is 13.8 Å². The van der Waals surface area contributed by atoms with Gasteiger partial charge in [-0.1, -0.05) is 18.2 Å². The van der Waals surface area contributed by atoms with E-state index in [1.165, 1.54) is 4.90 Å². The van der Waals surface area contributed by atoms with Crippen LogP contribution in [0.15, 0.2) is 18.2 Å². The van der Waals surface area contributed by atoms with E-state index >= 15 is 0 Å². The predicted molar refractivity (Wildman–Crippen MR) is 75.3 cm³/mol. The van der Waals surface area contributed by atoms with Gasteiger partial charge in [-0.3, -0.25) is 4.79 Å². The molecule has 1 atom stereocenters. The summed E-state index contributed by atoms with van der Waals surface area (Å²) in [4.78, 5) is 13.3. The van der Waals surface area contributed by atoms with Crippen LogP contribution < -0.4 is 4.74 Å². The average Bonchev–Trinajstić information content (AvgIpc) is 2.31. The van der Waals surface area contributed by atoms with Gasteiger partial charge in [-0.25, -0.2) is 0 Å². The molecule has 0 radical (unpaired) electrons. The predicted octanol–water partition coefficient (Wildman–Crippen LogP) is 1.91. The summed E-state index contributed by atoms with van der Waals surface area (Å²) < 4.78 is 5.68. The minimum atomic E-state index is -0.506. The Morgan fingerprint density at radius 1 is 1.37 bits per heavy atom. The lowest BCUT2D eigenvalue weighted by Gasteiger charge is -2.19. The summed E-state index contributed by atoms with van der Waals surface area (Å²) in [6.07, 6.45) is -0.190. The zero-order valence-electron chi connectivity index (χ0n) is 12.1. The maximum Gasteiger partial charge on any atom is 0.225 e. The van der Waals surface area contributed by atoms with Crippen molar-refractivity contribution >= 4 is 5.91 Å². The fourth-order valence-electron chi connectivity index (χ4n) is 1.96. The third-order valence-corrected chi connectivity index (χ3v) is 2.93. The Morgan fingerprint density at radius 3 is 2.47 bits per heavy atom. The van der Waals surface area contributed by atoms with Gasteiger partial charge in [-0.05, 0) is 31.9 Å². The Bertz CT molecular complexity index is 409. The van der Waals surface area contributed by atoms with Crippen molar-refractivity contribution in [3.63, 3.8) is 0 Å². The maximum atomic E-state index is 11.8. The number of para-hydroxylation sites is 1. The molecule has 1 rings (SSSR count). The number of rotatable bonds is 6. The first-order chi connectivity index (χ1) is 8.91. The summed E-state index contributed by atoms with van der Waals surface area (Å²) in [5, 5.41) is 9.22. The number of carbonyl (C=O) groups is 1. The Kier molecular flexibility index (Phi) is 5.83. The number of aryl methyl sites for hydroxylation is 2. The molecule has 4 heteroatoms. The highest BCUT2D eigenvalue weighted by Gasteiger charge is 2.11. The number of aliphatic hydroxyl groups excluding tert-OH is 1. The highest BCUT2D eigenvalue weighted by molar-refractivity contribution is 5.76. The van der Waals surface area contributed by atoms with Crippen molar-refractivity contribution in [2.45, 2.75) is 33.3 Å². The molecule has 1 aromatic rings. The maximum absolute atomic E-state index is 11.8. The van der Waals surface area contributed by atoms with E-state index in [0.717, 1.165) is 16.9 Å². The molecule has 0 heterocycles. The molecule has 0 bridgehead atoms. The monoisotopic (exact) mass is 265 g/mol. The minimum Gasteiger partial charge on any atom is -0.493 e. The molecule has 0 saturated heterocycles. The standard InChI is InChI=1S/C15H23NO3/c1-11-6-5-7-12(2)15(11)19-9-8-14(18)16(4)10-13(3)17/h5-7,13,17H,8-10H2,1-4H3. The van der Waals surface area contributed by atoms with Gasteiger partial charge in [0.2, 0.25) is 5.91 Å². The lowest BCUT2D eigenvalue weighted by Crippen LogP contribution is -2.33. The van der Waals surface area contributed by atoms with Crippen LogP contribution in [-0.4, -0.2) is 42.2 Å². The van der Waals surface area contributed by atoms with Crippen molar-refractivity contribution in [2.75, 3.05) is 20.2 Å². The SMILES string of the molecule is Cc1cccc(C)c1OCCC(=O)N(C)CC(C)O. The summed E-state index contributed by atoms with van der Waals surface area (Å²) in [5.74, 6) is 0.834. The molecule has 0 aliphatic heterocycles. The van der Waals surface area contributed by atoms with Crippen molar-refractivity contribution in [2.24, 2.45) is 0 Å². The van der Waals surface area contributed by atoms with Gasteiger partial charge in [0.1, 0.15) is 5.75 Å². The molecule has 106 valence electrons. The zero-order valence-corrected chi connectivity index (χ0v) is 12.1. The van der Waals surface area contributed by atoms with Gasteiger partial charge < -0.3 is 14.7 Å². The van der Waals surface area contributed by atoms with Crippen molar-refractivity contribution in [1.82, 2.24) is 4.90 Å². The van der Waals surface area contributed by atoms with Crippen molar-refractivity contribution in [1.29, 1.82) is 0 Å². The first-order valence-electron chi connectivity index (χ1n) is 6.53. The molecule has 1 unspecified atom stereocenters. The number of carbonyl (C=O) groups excluding carboxylic acids is 1. The highest BCUT2D eigenvalue weighted by Crippen LogP contribution is 2.22. The van der Waals surface area contributed by atoms with Gasteiger partial charge in [0.15, 0.2) is 0 Å². The summed E-state index contributed by atoms with van der Waals surface area (Å²) in [7, 11) is 1.69. The number of aliphatic hydroxyl groups is 1. The van der Waals surface area contributed by atoms with Crippen LogP contribution in [-0.2, 0) is 4.79 Å². The van der Waals surface area contributed by atoms with Gasteiger partial charge in [0.05, 0.1) is 19.1 Å². The number of amides is 1. The number of benzene rings is 1. The summed E-state index contributed by atoms with van der Waals surface area (Å²) in [5.41, 5.74) is 2.15. The minimum absolute atomic E-state index is 0.0212. The van der Waals surface area contributed by atoms with E-state index in [2.05, 4.69) is 0 Å². The molecule has 0 spiro atoms. The fraction of sp³-hybridized carbons (Fsp3) is 0.533.